The Bertz CT molecular complexity index is 706. The van der Waals surface area contributed by atoms with Crippen LogP contribution in [0.4, 0.5) is 0 Å². The number of benzene rings is 1. The molecule has 0 spiro atoms. The van der Waals surface area contributed by atoms with Crippen molar-refractivity contribution in [3.8, 4) is 6.07 Å². The lowest BCUT2D eigenvalue weighted by Crippen LogP contribution is -2.23. The summed E-state index contributed by atoms with van der Waals surface area (Å²) < 4.78 is 1.93. The van der Waals surface area contributed by atoms with Gasteiger partial charge in [0.05, 0.1) is 23.1 Å². The van der Waals surface area contributed by atoms with Gasteiger partial charge in [0.25, 0.3) is 0 Å². The van der Waals surface area contributed by atoms with Gasteiger partial charge >= 0.3 is 5.97 Å². The zero-order valence-corrected chi connectivity index (χ0v) is 11.7. The molecule has 1 fully saturated rings. The fourth-order valence-electron chi connectivity index (χ4n) is 3.10. The predicted octanol–water partition coefficient (Wildman–Crippen LogP) is 2.80. The van der Waals surface area contributed by atoms with Crippen molar-refractivity contribution in [1.82, 2.24) is 9.78 Å². The molecule has 0 radical (unpaired) electrons. The number of aromatic nitrogens is 2. The Morgan fingerprint density at radius 2 is 2.14 bits per heavy atom. The molecule has 5 heteroatoms. The number of carbonyl (C=O) groups is 1. The summed E-state index contributed by atoms with van der Waals surface area (Å²) in [6.07, 6.45) is 5.38. The van der Waals surface area contributed by atoms with Crippen LogP contribution in [0.3, 0.4) is 0 Å². The number of hydrogen-bond donors (Lipinski definition) is 1. The minimum Gasteiger partial charge on any atom is -0.481 e. The lowest BCUT2D eigenvalue weighted by atomic mass is 9.82. The second-order valence-corrected chi connectivity index (χ2v) is 5.79. The fraction of sp³-hybridized carbons (Fsp3) is 0.438. The van der Waals surface area contributed by atoms with Crippen molar-refractivity contribution in [3.05, 3.63) is 30.0 Å². The highest BCUT2D eigenvalue weighted by atomic mass is 16.4. The normalized spacial score (nSPS) is 22.0. The lowest BCUT2D eigenvalue weighted by molar-refractivity contribution is -0.143. The largest absolute Gasteiger partial charge is 0.481 e. The van der Waals surface area contributed by atoms with E-state index in [0.717, 1.165) is 43.1 Å². The molecule has 1 aliphatic carbocycles. The average molecular weight is 283 g/mol. The molecule has 0 saturated heterocycles. The van der Waals surface area contributed by atoms with Crippen molar-refractivity contribution in [2.24, 2.45) is 11.8 Å². The molecule has 2 aromatic rings. The van der Waals surface area contributed by atoms with Crippen molar-refractivity contribution >= 4 is 16.9 Å². The van der Waals surface area contributed by atoms with Gasteiger partial charge in [-0.1, -0.05) is 0 Å². The lowest BCUT2D eigenvalue weighted by Gasteiger charge is -2.25. The van der Waals surface area contributed by atoms with Crippen LogP contribution < -0.4 is 0 Å². The summed E-state index contributed by atoms with van der Waals surface area (Å²) in [6, 6.07) is 7.62. The Morgan fingerprint density at radius 1 is 1.38 bits per heavy atom. The van der Waals surface area contributed by atoms with E-state index >= 15 is 0 Å². The van der Waals surface area contributed by atoms with Crippen LogP contribution in [0.2, 0.25) is 0 Å². The van der Waals surface area contributed by atoms with Crippen molar-refractivity contribution in [1.29, 1.82) is 5.26 Å². The molecule has 1 aliphatic rings. The summed E-state index contributed by atoms with van der Waals surface area (Å²) in [5.41, 5.74) is 1.54. The molecule has 3 rings (SSSR count). The molecule has 108 valence electrons. The van der Waals surface area contributed by atoms with Crippen LogP contribution in [0, 0.1) is 23.2 Å². The predicted molar refractivity (Wildman–Crippen MR) is 77.5 cm³/mol. The molecule has 1 heterocycles. The second kappa shape index (κ2) is 5.57. The van der Waals surface area contributed by atoms with Gasteiger partial charge in [0, 0.05) is 18.1 Å². The van der Waals surface area contributed by atoms with Crippen molar-refractivity contribution in [2.45, 2.75) is 32.2 Å². The minimum atomic E-state index is -0.665. The third-order valence-corrected chi connectivity index (χ3v) is 4.32. The number of hydrogen-bond acceptors (Lipinski definition) is 3. The van der Waals surface area contributed by atoms with Crippen LogP contribution in [-0.4, -0.2) is 20.9 Å². The molecule has 0 atom stereocenters. The standard InChI is InChI=1S/C16H17N3O2/c17-8-12-3-6-15-14(7-12)10-19(18-15)9-11-1-4-13(5-2-11)16(20)21/h3,6-7,10-11,13H,1-2,4-5,9H2,(H,20,21). The summed E-state index contributed by atoms with van der Waals surface area (Å²) in [5, 5.41) is 23.4. The van der Waals surface area contributed by atoms with Crippen LogP contribution in [-0.2, 0) is 11.3 Å². The van der Waals surface area contributed by atoms with E-state index in [2.05, 4.69) is 11.2 Å². The van der Waals surface area contributed by atoms with Gasteiger partial charge in [0.15, 0.2) is 0 Å². The maximum atomic E-state index is 11.0. The van der Waals surface area contributed by atoms with Crippen LogP contribution in [0.5, 0.6) is 0 Å². The summed E-state index contributed by atoms with van der Waals surface area (Å²) >= 11 is 0. The maximum absolute atomic E-state index is 11.0. The maximum Gasteiger partial charge on any atom is 0.306 e. The Balaban J connectivity index is 1.68. The number of aliphatic carboxylic acids is 1. The molecule has 1 aromatic carbocycles. The first kappa shape index (κ1) is 13.6. The molecule has 1 N–H and O–H groups in total. The molecule has 21 heavy (non-hydrogen) atoms. The van der Waals surface area contributed by atoms with E-state index in [1.165, 1.54) is 0 Å². The van der Waals surface area contributed by atoms with Gasteiger partial charge in [-0.2, -0.15) is 10.4 Å². The van der Waals surface area contributed by atoms with Crippen molar-refractivity contribution < 1.29 is 9.90 Å². The summed E-state index contributed by atoms with van der Waals surface area (Å²) in [6.45, 7) is 0.822. The first-order valence-corrected chi connectivity index (χ1v) is 7.26. The molecule has 1 saturated carbocycles. The highest BCUT2D eigenvalue weighted by Crippen LogP contribution is 2.30. The summed E-state index contributed by atoms with van der Waals surface area (Å²) in [4.78, 5) is 11.0. The minimum absolute atomic E-state index is 0.170. The molecule has 0 aliphatic heterocycles. The molecular weight excluding hydrogens is 266 g/mol. The van der Waals surface area contributed by atoms with Crippen LogP contribution >= 0.6 is 0 Å². The Hall–Kier alpha value is -2.35. The Labute approximate surface area is 122 Å². The second-order valence-electron chi connectivity index (χ2n) is 5.79. The van der Waals surface area contributed by atoms with Crippen LogP contribution in [0.25, 0.3) is 10.9 Å². The van der Waals surface area contributed by atoms with E-state index in [-0.39, 0.29) is 5.92 Å². The van der Waals surface area contributed by atoms with Gasteiger partial charge < -0.3 is 5.11 Å². The SMILES string of the molecule is N#Cc1ccc2nn(CC3CCC(C(=O)O)CC3)cc2c1. The van der Waals surface area contributed by atoms with Crippen LogP contribution in [0.15, 0.2) is 24.4 Å². The molecule has 5 nitrogen and oxygen atoms in total. The van der Waals surface area contributed by atoms with Crippen LogP contribution in [0.1, 0.15) is 31.2 Å². The summed E-state index contributed by atoms with van der Waals surface area (Å²) in [7, 11) is 0. The smallest absolute Gasteiger partial charge is 0.306 e. The quantitative estimate of drug-likeness (QED) is 0.939. The van der Waals surface area contributed by atoms with Gasteiger partial charge in [0.1, 0.15) is 0 Å². The van der Waals surface area contributed by atoms with E-state index in [9.17, 15) is 4.79 Å². The molecular formula is C16H17N3O2. The average Bonchev–Trinajstić information content (AvgIpc) is 2.88. The first-order valence-electron chi connectivity index (χ1n) is 7.26. The van der Waals surface area contributed by atoms with Gasteiger partial charge in [0.2, 0.25) is 0 Å². The van der Waals surface area contributed by atoms with Gasteiger partial charge in [-0.3, -0.25) is 9.48 Å². The van der Waals surface area contributed by atoms with E-state index < -0.39 is 5.97 Å². The highest BCUT2D eigenvalue weighted by Gasteiger charge is 2.26. The topological polar surface area (TPSA) is 78.9 Å². The van der Waals surface area contributed by atoms with E-state index in [0.29, 0.717) is 11.5 Å². The molecule has 0 amide bonds. The highest BCUT2D eigenvalue weighted by molar-refractivity contribution is 5.79. The van der Waals surface area contributed by atoms with Gasteiger partial charge in [-0.15, -0.1) is 0 Å². The first-order chi connectivity index (χ1) is 10.2. The third kappa shape index (κ3) is 2.89. The van der Waals surface area contributed by atoms with Gasteiger partial charge in [-0.05, 0) is 49.8 Å². The summed E-state index contributed by atoms with van der Waals surface area (Å²) in [5.74, 6) is -0.344. The van der Waals surface area contributed by atoms with Crippen molar-refractivity contribution in [2.75, 3.05) is 0 Å². The van der Waals surface area contributed by atoms with E-state index in [1.54, 1.807) is 6.07 Å². The van der Waals surface area contributed by atoms with E-state index in [4.69, 9.17) is 10.4 Å². The number of nitrogens with zero attached hydrogens (tertiary/aromatic N) is 3. The number of carboxylic acid groups (broad SMARTS) is 1. The Kier molecular flexibility index (Phi) is 3.61. The van der Waals surface area contributed by atoms with Gasteiger partial charge in [-0.25, -0.2) is 0 Å². The number of nitriles is 1. The molecule has 0 bridgehead atoms. The monoisotopic (exact) mass is 283 g/mol. The van der Waals surface area contributed by atoms with E-state index in [1.807, 2.05) is 23.0 Å². The van der Waals surface area contributed by atoms with Crippen molar-refractivity contribution in [3.63, 3.8) is 0 Å². The third-order valence-electron chi connectivity index (χ3n) is 4.32. The molecule has 0 unspecified atom stereocenters. The fourth-order valence-corrected chi connectivity index (χ4v) is 3.10. The zero-order valence-electron chi connectivity index (χ0n) is 11.7. The molecule has 1 aromatic heterocycles. The number of carboxylic acids is 1. The number of fused-ring (bicyclic) bond motifs is 1. The number of rotatable bonds is 3. The zero-order chi connectivity index (χ0) is 14.8. The Morgan fingerprint density at radius 3 is 2.81 bits per heavy atom.